The Labute approximate surface area is 80.1 Å². The van der Waals surface area contributed by atoms with Gasteiger partial charge in [-0.1, -0.05) is 13.3 Å². The zero-order valence-electron chi connectivity index (χ0n) is 5.07. The number of rotatable bonds is 2. The Hall–Kier alpha value is 1.35. The minimum Gasteiger partial charge on any atom is -0.412 e. The van der Waals surface area contributed by atoms with E-state index in [1.165, 1.54) is 0 Å². The molecule has 0 spiro atoms. The van der Waals surface area contributed by atoms with Crippen LogP contribution in [0.1, 0.15) is 19.8 Å². The first-order valence-corrected chi connectivity index (χ1v) is 2.02. The van der Waals surface area contributed by atoms with Crippen molar-refractivity contribution in [3.63, 3.8) is 0 Å². The van der Waals surface area contributed by atoms with Gasteiger partial charge in [-0.2, -0.15) is 0 Å². The summed E-state index contributed by atoms with van der Waals surface area (Å²) in [6.45, 7) is 2.40. The number of aliphatic hydroxyl groups is 1. The zero-order valence-corrected chi connectivity index (χ0v) is 8.19. The van der Waals surface area contributed by atoms with E-state index in [9.17, 15) is 0 Å². The van der Waals surface area contributed by atoms with Crippen molar-refractivity contribution in [1.82, 2.24) is 0 Å². The molecule has 0 aliphatic rings. The second-order valence-corrected chi connectivity index (χ2v) is 1.08. The topological polar surface area (TPSA) is 51.7 Å². The second kappa shape index (κ2) is 23.8. The molecule has 4 heteroatoms. The molecule has 0 rings (SSSR count). The van der Waals surface area contributed by atoms with E-state index in [0.717, 1.165) is 12.8 Å². The van der Waals surface area contributed by atoms with Crippen molar-refractivity contribution in [2.45, 2.75) is 19.8 Å². The number of aliphatic hydroxyl groups excluding tert-OH is 1. The first-order chi connectivity index (χ1) is 2.41. The van der Waals surface area contributed by atoms with Gasteiger partial charge in [0.2, 0.25) is 0 Å². The zero-order chi connectivity index (χ0) is 4.12. The summed E-state index contributed by atoms with van der Waals surface area (Å²) < 4.78 is 0. The number of unbranched alkanes of at least 4 members (excludes halogenated alkanes) is 1. The molecule has 0 fully saturated rings. The maximum absolute atomic E-state index is 8.07. The number of hydrogen-bond acceptors (Lipinski definition) is 1. The van der Waals surface area contributed by atoms with Gasteiger partial charge >= 0.3 is 0 Å². The van der Waals surface area contributed by atoms with Crippen molar-refractivity contribution in [3.8, 4) is 0 Å². The smallest absolute Gasteiger partial charge is 0.0430 e. The van der Waals surface area contributed by atoms with Crippen LogP contribution >= 0.6 is 0 Å². The first kappa shape index (κ1) is 22.8. The van der Waals surface area contributed by atoms with Crippen molar-refractivity contribution in [3.05, 3.63) is 0 Å². The van der Waals surface area contributed by atoms with E-state index in [-0.39, 0.29) is 48.9 Å². The van der Waals surface area contributed by atoms with Gasteiger partial charge in [0.25, 0.3) is 0 Å². The SMILES string of the molecule is CCCCO.O.[Ti].[Ti]. The van der Waals surface area contributed by atoms with E-state index in [1.807, 2.05) is 0 Å². The van der Waals surface area contributed by atoms with Gasteiger partial charge < -0.3 is 10.6 Å². The molecule has 0 atom stereocenters. The molecular weight excluding hydrogens is 176 g/mol. The molecule has 0 bridgehead atoms. The van der Waals surface area contributed by atoms with Gasteiger partial charge in [-0.05, 0) is 6.42 Å². The van der Waals surface area contributed by atoms with Crippen molar-refractivity contribution in [1.29, 1.82) is 0 Å². The molecule has 8 heavy (non-hydrogen) atoms. The average Bonchev–Trinajstić information content (AvgIpc) is 1.41. The third-order valence-corrected chi connectivity index (χ3v) is 0.512. The van der Waals surface area contributed by atoms with E-state index >= 15 is 0 Å². The van der Waals surface area contributed by atoms with Crippen LogP contribution in [0, 0.1) is 0 Å². The van der Waals surface area contributed by atoms with Gasteiger partial charge in [-0.25, -0.2) is 0 Å². The van der Waals surface area contributed by atoms with Crippen molar-refractivity contribution in [2.24, 2.45) is 0 Å². The van der Waals surface area contributed by atoms with Crippen LogP contribution in [0.2, 0.25) is 0 Å². The van der Waals surface area contributed by atoms with Crippen LogP contribution < -0.4 is 0 Å². The third kappa shape index (κ3) is 26.4. The molecular formula is C4H12O2Ti2. The molecule has 0 aromatic rings. The molecule has 0 unspecified atom stereocenters. The molecule has 3 N–H and O–H groups in total. The molecule has 0 aromatic heterocycles. The van der Waals surface area contributed by atoms with Crippen LogP contribution in [0.4, 0.5) is 0 Å². The minimum absolute atomic E-state index is 0. The van der Waals surface area contributed by atoms with Gasteiger partial charge in [0.1, 0.15) is 0 Å². The predicted molar refractivity (Wildman–Crippen MR) is 25.6 cm³/mol. The second-order valence-electron chi connectivity index (χ2n) is 1.08. The molecule has 0 heterocycles. The van der Waals surface area contributed by atoms with Crippen LogP contribution in [0.25, 0.3) is 0 Å². The molecule has 0 radical (unpaired) electrons. The Morgan fingerprint density at radius 2 is 1.62 bits per heavy atom. The fourth-order valence-corrected chi connectivity index (χ4v) is 0.158. The Balaban J connectivity index is -0.0000000267. The monoisotopic (exact) mass is 188 g/mol. The quantitative estimate of drug-likeness (QED) is 0.606. The molecule has 0 saturated carbocycles. The molecule has 0 aromatic carbocycles. The van der Waals surface area contributed by atoms with Crippen LogP contribution in [0.15, 0.2) is 0 Å². The predicted octanol–water partition coefficient (Wildman–Crippen LogP) is -0.0509. The van der Waals surface area contributed by atoms with Crippen LogP contribution in [0.5, 0.6) is 0 Å². The van der Waals surface area contributed by atoms with Crippen LogP contribution in [-0.4, -0.2) is 17.2 Å². The van der Waals surface area contributed by atoms with Crippen molar-refractivity contribution in [2.75, 3.05) is 6.61 Å². The fraction of sp³-hybridized carbons (Fsp3) is 1.00. The molecule has 0 saturated heterocycles. The first-order valence-electron chi connectivity index (χ1n) is 2.02. The molecule has 0 amide bonds. The van der Waals surface area contributed by atoms with E-state index in [0.29, 0.717) is 6.61 Å². The van der Waals surface area contributed by atoms with Gasteiger partial charge in [0.15, 0.2) is 0 Å². The summed E-state index contributed by atoms with van der Waals surface area (Å²) >= 11 is 0. The van der Waals surface area contributed by atoms with Crippen molar-refractivity contribution >= 4 is 0 Å². The third-order valence-electron chi connectivity index (χ3n) is 0.512. The summed E-state index contributed by atoms with van der Waals surface area (Å²) in [5.41, 5.74) is 0. The van der Waals surface area contributed by atoms with E-state index in [1.54, 1.807) is 0 Å². The summed E-state index contributed by atoms with van der Waals surface area (Å²) in [5.74, 6) is 0. The summed E-state index contributed by atoms with van der Waals surface area (Å²) in [7, 11) is 0. The van der Waals surface area contributed by atoms with Gasteiger partial charge in [0, 0.05) is 50.0 Å². The Bertz CT molecular complexity index is 19.5. The standard InChI is InChI=1S/C4H10O.H2O.2Ti/c1-2-3-4-5;;;/h5H,2-4H2,1H3;1H2;;. The Morgan fingerprint density at radius 3 is 1.62 bits per heavy atom. The molecule has 2 nitrogen and oxygen atoms in total. The Kier molecular flexibility index (Phi) is 67.9. The fourth-order valence-electron chi connectivity index (χ4n) is 0.158. The molecule has 0 aliphatic carbocycles. The van der Waals surface area contributed by atoms with E-state index < -0.39 is 0 Å². The van der Waals surface area contributed by atoms with Gasteiger partial charge in [-0.3, -0.25) is 0 Å². The minimum atomic E-state index is 0. The summed E-state index contributed by atoms with van der Waals surface area (Å²) in [6.07, 6.45) is 2.04. The van der Waals surface area contributed by atoms with Crippen LogP contribution in [0.3, 0.4) is 0 Å². The normalized spacial score (nSPS) is 5.25. The van der Waals surface area contributed by atoms with E-state index in [4.69, 9.17) is 5.11 Å². The van der Waals surface area contributed by atoms with E-state index in [2.05, 4.69) is 6.92 Å². The Morgan fingerprint density at radius 1 is 1.25 bits per heavy atom. The van der Waals surface area contributed by atoms with Crippen molar-refractivity contribution < 1.29 is 54.0 Å². The summed E-state index contributed by atoms with van der Waals surface area (Å²) in [4.78, 5) is 0. The number of hydrogen-bond donors (Lipinski definition) is 1. The summed E-state index contributed by atoms with van der Waals surface area (Å²) in [5, 5.41) is 8.07. The maximum atomic E-state index is 8.07. The maximum Gasteiger partial charge on any atom is 0.0430 e. The summed E-state index contributed by atoms with van der Waals surface area (Å²) in [6, 6.07) is 0. The molecule has 48 valence electrons. The van der Waals surface area contributed by atoms with Crippen LogP contribution in [-0.2, 0) is 43.4 Å². The van der Waals surface area contributed by atoms with Gasteiger partial charge in [0.05, 0.1) is 0 Å². The largest absolute Gasteiger partial charge is 0.412 e. The van der Waals surface area contributed by atoms with Gasteiger partial charge in [-0.15, -0.1) is 0 Å². The molecule has 0 aliphatic heterocycles. The average molecular weight is 188 g/mol.